The second kappa shape index (κ2) is 4.11. The van der Waals surface area contributed by atoms with Gasteiger partial charge < -0.3 is 5.32 Å². The summed E-state index contributed by atoms with van der Waals surface area (Å²) in [6.07, 6.45) is 2.03. The van der Waals surface area contributed by atoms with E-state index in [1.807, 2.05) is 0 Å². The van der Waals surface area contributed by atoms with Gasteiger partial charge in [0.15, 0.2) is 5.78 Å². The van der Waals surface area contributed by atoms with E-state index in [0.717, 1.165) is 24.9 Å². The third kappa shape index (κ3) is 1.97. The minimum Gasteiger partial charge on any atom is -0.307 e. The lowest BCUT2D eigenvalue weighted by atomic mass is 10.0. The van der Waals surface area contributed by atoms with E-state index in [9.17, 15) is 4.79 Å². The molecule has 3 heteroatoms. The third-order valence-corrected chi connectivity index (χ3v) is 2.76. The lowest BCUT2D eigenvalue weighted by Gasteiger charge is -2.08. The van der Waals surface area contributed by atoms with Crippen molar-refractivity contribution in [2.75, 3.05) is 6.54 Å². The minimum atomic E-state index is 0.0103. The summed E-state index contributed by atoms with van der Waals surface area (Å²) in [6, 6.07) is 7.08. The van der Waals surface area contributed by atoms with E-state index in [1.54, 1.807) is 24.3 Å². The average Bonchev–Trinajstić information content (AvgIpc) is 2.71. The molecule has 0 spiro atoms. The number of rotatable bonds is 2. The first kappa shape index (κ1) is 9.69. The van der Waals surface area contributed by atoms with Crippen LogP contribution in [0.25, 0.3) is 0 Å². The molecule has 0 amide bonds. The Balaban J connectivity index is 2.14. The van der Waals surface area contributed by atoms with Crippen LogP contribution in [-0.2, 0) is 0 Å². The van der Waals surface area contributed by atoms with Gasteiger partial charge in [-0.25, -0.2) is 0 Å². The molecule has 0 aliphatic carbocycles. The highest BCUT2D eigenvalue weighted by atomic mass is 35.5. The van der Waals surface area contributed by atoms with Crippen LogP contribution in [0.5, 0.6) is 0 Å². The van der Waals surface area contributed by atoms with Gasteiger partial charge in [0.1, 0.15) is 0 Å². The molecule has 1 fully saturated rings. The number of benzene rings is 1. The van der Waals surface area contributed by atoms with Crippen LogP contribution in [0.3, 0.4) is 0 Å². The van der Waals surface area contributed by atoms with Crippen molar-refractivity contribution >= 4 is 17.4 Å². The molecular weight excluding hydrogens is 198 g/mol. The Morgan fingerprint density at radius 2 is 2.07 bits per heavy atom. The van der Waals surface area contributed by atoms with Gasteiger partial charge in [0, 0.05) is 10.6 Å². The van der Waals surface area contributed by atoms with Crippen LogP contribution in [0.1, 0.15) is 23.2 Å². The van der Waals surface area contributed by atoms with Gasteiger partial charge >= 0.3 is 0 Å². The largest absolute Gasteiger partial charge is 0.307 e. The first-order valence-corrected chi connectivity index (χ1v) is 5.18. The quantitative estimate of drug-likeness (QED) is 0.758. The van der Waals surface area contributed by atoms with Crippen molar-refractivity contribution in [2.45, 2.75) is 18.9 Å². The Kier molecular flexibility index (Phi) is 2.85. The molecule has 1 aromatic rings. The van der Waals surface area contributed by atoms with Crippen molar-refractivity contribution in [2.24, 2.45) is 0 Å². The fourth-order valence-corrected chi connectivity index (χ4v) is 1.85. The average molecular weight is 210 g/mol. The number of halogens is 1. The summed E-state index contributed by atoms with van der Waals surface area (Å²) in [7, 11) is 0. The smallest absolute Gasteiger partial charge is 0.179 e. The highest BCUT2D eigenvalue weighted by Crippen LogP contribution is 2.14. The fourth-order valence-electron chi connectivity index (χ4n) is 1.72. The van der Waals surface area contributed by atoms with Gasteiger partial charge in [0.25, 0.3) is 0 Å². The first-order chi connectivity index (χ1) is 6.77. The van der Waals surface area contributed by atoms with Crippen LogP contribution in [0.2, 0.25) is 5.02 Å². The van der Waals surface area contributed by atoms with Gasteiger partial charge in [-0.3, -0.25) is 4.79 Å². The zero-order chi connectivity index (χ0) is 9.97. The van der Waals surface area contributed by atoms with Crippen molar-refractivity contribution in [1.29, 1.82) is 0 Å². The number of carbonyl (C=O) groups is 1. The van der Waals surface area contributed by atoms with Crippen molar-refractivity contribution < 1.29 is 4.79 Å². The molecule has 1 aliphatic heterocycles. The maximum atomic E-state index is 11.9. The molecule has 0 radical (unpaired) electrons. The summed E-state index contributed by atoms with van der Waals surface area (Å²) >= 11 is 5.75. The highest BCUT2D eigenvalue weighted by Gasteiger charge is 2.22. The maximum absolute atomic E-state index is 11.9. The number of hydrogen-bond donors (Lipinski definition) is 1. The molecule has 1 atom stereocenters. The fraction of sp³-hybridized carbons (Fsp3) is 0.364. The zero-order valence-corrected chi connectivity index (χ0v) is 8.55. The Morgan fingerprint density at radius 1 is 1.36 bits per heavy atom. The zero-order valence-electron chi connectivity index (χ0n) is 7.79. The highest BCUT2D eigenvalue weighted by molar-refractivity contribution is 6.30. The van der Waals surface area contributed by atoms with Crippen molar-refractivity contribution in [3.05, 3.63) is 34.9 Å². The Labute approximate surface area is 88.3 Å². The molecule has 74 valence electrons. The van der Waals surface area contributed by atoms with Gasteiger partial charge in [0.2, 0.25) is 0 Å². The van der Waals surface area contributed by atoms with E-state index in [2.05, 4.69) is 5.32 Å². The Morgan fingerprint density at radius 3 is 2.64 bits per heavy atom. The van der Waals surface area contributed by atoms with Gasteiger partial charge in [-0.15, -0.1) is 0 Å². The summed E-state index contributed by atoms with van der Waals surface area (Å²) < 4.78 is 0. The van der Waals surface area contributed by atoms with Crippen LogP contribution < -0.4 is 5.32 Å². The molecule has 1 aromatic carbocycles. The third-order valence-electron chi connectivity index (χ3n) is 2.51. The second-order valence-corrected chi connectivity index (χ2v) is 3.96. The van der Waals surface area contributed by atoms with E-state index < -0.39 is 0 Å². The SMILES string of the molecule is O=C(c1ccc(Cl)cc1)C1CCCN1. The van der Waals surface area contributed by atoms with Gasteiger partial charge in [-0.1, -0.05) is 11.6 Å². The van der Waals surface area contributed by atoms with E-state index in [4.69, 9.17) is 11.6 Å². The molecule has 0 saturated carbocycles. The van der Waals surface area contributed by atoms with E-state index in [1.165, 1.54) is 0 Å². The monoisotopic (exact) mass is 209 g/mol. The number of Topliss-reactive ketones (excluding diaryl/α,β-unsaturated/α-hetero) is 1. The summed E-state index contributed by atoms with van der Waals surface area (Å²) in [6.45, 7) is 0.948. The van der Waals surface area contributed by atoms with Crippen LogP contribution in [0, 0.1) is 0 Å². The van der Waals surface area contributed by atoms with Gasteiger partial charge in [0.05, 0.1) is 6.04 Å². The predicted octanol–water partition coefficient (Wildman–Crippen LogP) is 2.27. The van der Waals surface area contributed by atoms with E-state index >= 15 is 0 Å². The number of carbonyl (C=O) groups excluding carboxylic acids is 1. The molecule has 1 unspecified atom stereocenters. The molecule has 1 saturated heterocycles. The summed E-state index contributed by atoms with van der Waals surface area (Å²) in [5, 5.41) is 3.85. The molecule has 1 aliphatic rings. The molecule has 14 heavy (non-hydrogen) atoms. The predicted molar refractivity (Wildman–Crippen MR) is 56.8 cm³/mol. The van der Waals surface area contributed by atoms with Crippen molar-refractivity contribution in [3.63, 3.8) is 0 Å². The first-order valence-electron chi connectivity index (χ1n) is 4.80. The van der Waals surface area contributed by atoms with E-state index in [-0.39, 0.29) is 11.8 Å². The van der Waals surface area contributed by atoms with Crippen molar-refractivity contribution in [3.8, 4) is 0 Å². The van der Waals surface area contributed by atoms with Gasteiger partial charge in [-0.2, -0.15) is 0 Å². The topological polar surface area (TPSA) is 29.1 Å². The lowest BCUT2D eigenvalue weighted by Crippen LogP contribution is -2.30. The normalized spacial score (nSPS) is 21.1. The molecule has 0 bridgehead atoms. The summed E-state index contributed by atoms with van der Waals surface area (Å²) in [5.74, 6) is 0.180. The number of ketones is 1. The standard InChI is InChI=1S/C11H12ClNO/c12-9-5-3-8(4-6-9)11(14)10-2-1-7-13-10/h3-6,10,13H,1-2,7H2. The Bertz CT molecular complexity index is 328. The number of hydrogen-bond acceptors (Lipinski definition) is 2. The molecule has 2 rings (SSSR count). The summed E-state index contributed by atoms with van der Waals surface area (Å²) in [4.78, 5) is 11.9. The second-order valence-electron chi connectivity index (χ2n) is 3.52. The minimum absolute atomic E-state index is 0.0103. The molecule has 1 N–H and O–H groups in total. The lowest BCUT2D eigenvalue weighted by molar-refractivity contribution is 0.0952. The Hall–Kier alpha value is -0.860. The van der Waals surface area contributed by atoms with Crippen molar-refractivity contribution in [1.82, 2.24) is 5.32 Å². The van der Waals surface area contributed by atoms with Crippen LogP contribution >= 0.6 is 11.6 Å². The molecule has 2 nitrogen and oxygen atoms in total. The molecule has 0 aromatic heterocycles. The number of nitrogens with one attached hydrogen (secondary N) is 1. The van der Waals surface area contributed by atoms with Crippen LogP contribution in [0.15, 0.2) is 24.3 Å². The molecule has 1 heterocycles. The van der Waals surface area contributed by atoms with Crippen LogP contribution in [-0.4, -0.2) is 18.4 Å². The van der Waals surface area contributed by atoms with Crippen LogP contribution in [0.4, 0.5) is 0 Å². The van der Waals surface area contributed by atoms with E-state index in [0.29, 0.717) is 5.02 Å². The van der Waals surface area contributed by atoms with Gasteiger partial charge in [-0.05, 0) is 43.7 Å². The maximum Gasteiger partial charge on any atom is 0.179 e. The summed E-state index contributed by atoms with van der Waals surface area (Å²) in [5.41, 5.74) is 0.744. The molecular formula is C11H12ClNO.